The Labute approximate surface area is 368 Å². The van der Waals surface area contributed by atoms with Gasteiger partial charge in [0.1, 0.15) is 0 Å². The number of nitrogens with zero attached hydrogens (tertiary/aromatic N) is 4. The van der Waals surface area contributed by atoms with Crippen LogP contribution in [0.4, 0.5) is 11.4 Å². The summed E-state index contributed by atoms with van der Waals surface area (Å²) in [5.41, 5.74) is 41.0. The number of benzene rings is 5. The van der Waals surface area contributed by atoms with Gasteiger partial charge in [0.2, 0.25) is 23.8 Å². The molecular formula is C44H48N18O2. The van der Waals surface area contributed by atoms with Gasteiger partial charge in [-0.3, -0.25) is 31.2 Å². The molecule has 0 aromatic heterocycles. The fraction of sp³-hybridized carbons (Fsp3) is 0.0909. The van der Waals surface area contributed by atoms with Crippen molar-refractivity contribution in [2.75, 3.05) is 10.6 Å². The third-order valence-electron chi connectivity index (χ3n) is 9.25. The van der Waals surface area contributed by atoms with Crippen LogP contribution in [0.25, 0.3) is 22.3 Å². The number of hydrogen-bond acceptors (Lipinski definition) is 10. The van der Waals surface area contributed by atoms with Gasteiger partial charge < -0.3 is 33.6 Å². The van der Waals surface area contributed by atoms with Gasteiger partial charge in [-0.2, -0.15) is 20.4 Å². The molecule has 2 amide bonds. The van der Waals surface area contributed by atoms with E-state index in [0.29, 0.717) is 67.6 Å². The molecule has 0 heterocycles. The predicted molar refractivity (Wildman–Crippen MR) is 255 cm³/mol. The summed E-state index contributed by atoms with van der Waals surface area (Å²) in [6.07, 6.45) is 0. The van der Waals surface area contributed by atoms with Crippen LogP contribution in [-0.4, -0.2) is 58.5 Å². The number of amides is 2. The molecule has 5 rings (SSSR count). The molecule has 64 heavy (non-hydrogen) atoms. The maximum absolute atomic E-state index is 13.5. The average molecular weight is 861 g/mol. The molecule has 0 bridgehead atoms. The Morgan fingerprint density at radius 1 is 0.391 bits per heavy atom. The van der Waals surface area contributed by atoms with Crippen LogP contribution in [0, 0.1) is 21.6 Å². The highest BCUT2D eigenvalue weighted by atomic mass is 16.2. The van der Waals surface area contributed by atoms with Crippen LogP contribution in [0.3, 0.4) is 0 Å². The van der Waals surface area contributed by atoms with Gasteiger partial charge in [-0.1, -0.05) is 42.5 Å². The first-order chi connectivity index (χ1) is 30.4. The summed E-state index contributed by atoms with van der Waals surface area (Å²) in [6.45, 7) is 6.87. The fourth-order valence-corrected chi connectivity index (χ4v) is 5.98. The van der Waals surface area contributed by atoms with E-state index in [2.05, 4.69) is 52.7 Å². The Bertz CT molecular complexity index is 2470. The van der Waals surface area contributed by atoms with Crippen LogP contribution in [-0.2, 0) is 0 Å². The van der Waals surface area contributed by atoms with Crippen LogP contribution >= 0.6 is 0 Å². The second-order valence-electron chi connectivity index (χ2n) is 14.1. The summed E-state index contributed by atoms with van der Waals surface area (Å²) in [5, 5.41) is 52.1. The molecule has 0 aliphatic rings. The first-order valence-electron chi connectivity index (χ1n) is 19.3. The van der Waals surface area contributed by atoms with Crippen molar-refractivity contribution in [3.63, 3.8) is 0 Å². The van der Waals surface area contributed by atoms with Gasteiger partial charge in [-0.15, -0.1) is 0 Å². The van der Waals surface area contributed by atoms with Crippen molar-refractivity contribution in [1.82, 2.24) is 21.7 Å². The molecule has 0 saturated carbocycles. The van der Waals surface area contributed by atoms with E-state index < -0.39 is 0 Å². The number of anilines is 2. The molecule has 0 atom stereocenters. The van der Waals surface area contributed by atoms with Crippen molar-refractivity contribution < 1.29 is 9.59 Å². The monoisotopic (exact) mass is 860 g/mol. The van der Waals surface area contributed by atoms with E-state index in [1.54, 1.807) is 88.4 Å². The second kappa shape index (κ2) is 20.9. The third-order valence-corrected chi connectivity index (χ3v) is 9.25. The summed E-state index contributed by atoms with van der Waals surface area (Å²) in [6, 6.07) is 32.7. The zero-order valence-corrected chi connectivity index (χ0v) is 35.3. The van der Waals surface area contributed by atoms with E-state index >= 15 is 0 Å². The molecule has 18 N–H and O–H groups in total. The summed E-state index contributed by atoms with van der Waals surface area (Å²) in [4.78, 5) is 27.0. The van der Waals surface area contributed by atoms with Gasteiger partial charge in [-0.25, -0.2) is 21.7 Å². The Balaban J connectivity index is 1.32. The molecule has 0 radical (unpaired) electrons. The minimum Gasteiger partial charge on any atom is -0.369 e. The zero-order chi connectivity index (χ0) is 46.5. The average Bonchev–Trinajstić information content (AvgIpc) is 3.28. The van der Waals surface area contributed by atoms with Crippen molar-refractivity contribution in [2.45, 2.75) is 27.7 Å². The fourth-order valence-electron chi connectivity index (χ4n) is 5.98. The molecule has 20 heteroatoms. The topological polar surface area (TPSA) is 355 Å². The molecule has 20 nitrogen and oxygen atoms in total. The first-order valence-corrected chi connectivity index (χ1v) is 19.3. The minimum absolute atomic E-state index is 0.331. The number of carbonyl (C=O) groups excluding carboxylic acids is 2. The van der Waals surface area contributed by atoms with Gasteiger partial charge in [0.05, 0.1) is 22.8 Å². The molecular weight excluding hydrogens is 813 g/mol. The van der Waals surface area contributed by atoms with Gasteiger partial charge in [0, 0.05) is 44.8 Å². The minimum atomic E-state index is -0.356. The van der Waals surface area contributed by atoms with Crippen LogP contribution in [0.15, 0.2) is 130 Å². The van der Waals surface area contributed by atoms with Crippen LogP contribution in [0.2, 0.25) is 0 Å². The molecule has 5 aromatic carbocycles. The number of nitrogens with one attached hydrogen (secondary N) is 10. The van der Waals surface area contributed by atoms with E-state index in [-0.39, 0.29) is 35.7 Å². The zero-order valence-electron chi connectivity index (χ0n) is 35.3. The lowest BCUT2D eigenvalue weighted by atomic mass is 9.97. The number of hydrogen-bond donors (Lipinski definition) is 14. The summed E-state index contributed by atoms with van der Waals surface area (Å²) in [5.74, 6) is -2.04. The standard InChI is InChI=1S/C44H48N18O2/c1-23(55-59-41(45)46)33-17-34(24(2)56-60-42(47)48)20-37(19-33)53-39(63)29-12-8-27(9-13-29)31-6-5-7-32(16-31)28-10-14-30(15-11-28)40(64)54-38-21-35(25(3)57-61-43(49)50)18-36(22-38)26(4)58-62-44(51)52/h5-22H,1-4H3,(H,53,63)(H,54,64)(H4,45,46,59)(H4,47,48,60)(H4,49,50,61)(H4,51,52,62)/b55-23-,56-24-,57-25-,58-26+. The van der Waals surface area contributed by atoms with Gasteiger partial charge >= 0.3 is 0 Å². The number of nitrogens with two attached hydrogens (primary N) is 4. The van der Waals surface area contributed by atoms with Crippen molar-refractivity contribution in [3.8, 4) is 22.3 Å². The lowest BCUT2D eigenvalue weighted by Gasteiger charge is -2.12. The van der Waals surface area contributed by atoms with E-state index in [1.165, 1.54) is 0 Å². The lowest BCUT2D eigenvalue weighted by Crippen LogP contribution is -2.27. The van der Waals surface area contributed by atoms with Crippen LogP contribution in [0.1, 0.15) is 70.7 Å². The highest BCUT2D eigenvalue weighted by Crippen LogP contribution is 2.28. The maximum Gasteiger partial charge on any atom is 0.255 e. The lowest BCUT2D eigenvalue weighted by molar-refractivity contribution is 0.101. The number of carbonyl (C=O) groups is 2. The Morgan fingerprint density at radius 2 is 0.672 bits per heavy atom. The highest BCUT2D eigenvalue weighted by molar-refractivity contribution is 6.10. The number of rotatable bonds is 14. The first kappa shape index (κ1) is 45.9. The van der Waals surface area contributed by atoms with Crippen molar-refractivity contribution in [1.29, 1.82) is 21.6 Å². The molecule has 0 aliphatic heterocycles. The molecule has 0 unspecified atom stereocenters. The molecule has 5 aromatic rings. The van der Waals surface area contributed by atoms with E-state index in [1.807, 2.05) is 48.5 Å². The van der Waals surface area contributed by atoms with Crippen LogP contribution < -0.4 is 55.3 Å². The molecule has 0 saturated heterocycles. The van der Waals surface area contributed by atoms with Crippen molar-refractivity contribution >= 4 is 69.9 Å². The third kappa shape index (κ3) is 12.9. The van der Waals surface area contributed by atoms with E-state index in [0.717, 1.165) is 22.3 Å². The quantitative estimate of drug-likeness (QED) is 0.0425. The second-order valence-corrected chi connectivity index (χ2v) is 14.1. The summed E-state index contributed by atoms with van der Waals surface area (Å²) < 4.78 is 0. The molecule has 0 aliphatic carbocycles. The summed E-state index contributed by atoms with van der Waals surface area (Å²) >= 11 is 0. The van der Waals surface area contributed by atoms with Gasteiger partial charge in [0.15, 0.2) is 0 Å². The number of guanidine groups is 4. The summed E-state index contributed by atoms with van der Waals surface area (Å²) in [7, 11) is 0. The largest absolute Gasteiger partial charge is 0.369 e. The highest BCUT2D eigenvalue weighted by Gasteiger charge is 2.14. The van der Waals surface area contributed by atoms with E-state index in [4.69, 9.17) is 44.6 Å². The van der Waals surface area contributed by atoms with Crippen molar-refractivity contribution in [3.05, 3.63) is 143 Å². The van der Waals surface area contributed by atoms with E-state index in [9.17, 15) is 9.59 Å². The smallest absolute Gasteiger partial charge is 0.255 e. The van der Waals surface area contributed by atoms with Gasteiger partial charge in [0.25, 0.3) is 11.8 Å². The SMILES string of the molecule is C/C(=N/NC(=N)N)c1cc(NC(=O)c2ccc(-c3cccc(-c4ccc(C(=O)Nc5cc(/C(C)=N\NC(=N)N)cc(/C(C)=N/NC(=N)N)c5)cc4)c3)cc2)cc(/C(C)=N\NC(=N)N)c1. The molecule has 0 spiro atoms. The molecule has 326 valence electrons. The maximum atomic E-state index is 13.5. The normalized spacial score (nSPS) is 11.8. The Hall–Kier alpha value is -9.20. The molecule has 0 fully saturated rings. The van der Waals surface area contributed by atoms with Crippen LogP contribution in [0.5, 0.6) is 0 Å². The number of hydrazone groups is 4. The Morgan fingerprint density at radius 3 is 0.938 bits per heavy atom. The Kier molecular flexibility index (Phi) is 15.0. The van der Waals surface area contributed by atoms with Crippen molar-refractivity contribution in [2.24, 2.45) is 43.3 Å². The van der Waals surface area contributed by atoms with Gasteiger partial charge in [-0.05, 0) is 117 Å². The predicted octanol–water partition coefficient (Wildman–Crippen LogP) is 4.35.